The predicted octanol–water partition coefficient (Wildman–Crippen LogP) is 2.51. The van der Waals surface area contributed by atoms with Gasteiger partial charge < -0.3 is 10.6 Å². The molecule has 1 aromatic rings. The Hall–Kier alpha value is -1.56. The van der Waals surface area contributed by atoms with Crippen LogP contribution in [0.4, 0.5) is 5.69 Å². The van der Waals surface area contributed by atoms with E-state index in [0.717, 1.165) is 24.1 Å². The Labute approximate surface area is 138 Å². The summed E-state index contributed by atoms with van der Waals surface area (Å²) in [6.07, 6.45) is 6.36. The Morgan fingerprint density at radius 1 is 1.26 bits per heavy atom. The third kappa shape index (κ3) is 5.86. The highest BCUT2D eigenvalue weighted by molar-refractivity contribution is 7.90. The van der Waals surface area contributed by atoms with Crippen molar-refractivity contribution in [2.75, 3.05) is 23.9 Å². The maximum Gasteiger partial charge on any atom is 0.251 e. The van der Waals surface area contributed by atoms with Crippen molar-refractivity contribution in [3.05, 3.63) is 29.3 Å². The Morgan fingerprint density at radius 3 is 2.57 bits per heavy atom. The minimum absolute atomic E-state index is 0.0105. The lowest BCUT2D eigenvalue weighted by Crippen LogP contribution is -2.32. The molecule has 1 aromatic carbocycles. The lowest BCUT2D eigenvalue weighted by atomic mass is 10.1. The molecule has 1 amide bonds. The summed E-state index contributed by atoms with van der Waals surface area (Å²) in [5.74, 6) is 0.171. The molecule has 0 aliphatic heterocycles. The smallest absolute Gasteiger partial charge is 0.251 e. The molecule has 5 nitrogen and oxygen atoms in total. The number of anilines is 1. The third-order valence-electron chi connectivity index (χ3n) is 4.19. The van der Waals surface area contributed by atoms with Crippen molar-refractivity contribution >= 4 is 21.4 Å². The minimum Gasteiger partial charge on any atom is -0.385 e. The first-order valence-electron chi connectivity index (χ1n) is 8.18. The average Bonchev–Trinajstić information content (AvgIpc) is 2.96. The van der Waals surface area contributed by atoms with Gasteiger partial charge in [0.25, 0.3) is 5.91 Å². The van der Waals surface area contributed by atoms with E-state index in [1.165, 1.54) is 19.1 Å². The molecule has 0 bridgehead atoms. The van der Waals surface area contributed by atoms with Crippen LogP contribution in [0.1, 0.15) is 48.0 Å². The van der Waals surface area contributed by atoms with Gasteiger partial charge in [0.05, 0.1) is 5.75 Å². The molecule has 1 aliphatic carbocycles. The van der Waals surface area contributed by atoms with E-state index in [-0.39, 0.29) is 11.7 Å². The van der Waals surface area contributed by atoms with Gasteiger partial charge >= 0.3 is 0 Å². The van der Waals surface area contributed by atoms with Crippen LogP contribution in [-0.4, -0.2) is 38.9 Å². The van der Waals surface area contributed by atoms with Gasteiger partial charge in [-0.15, -0.1) is 0 Å². The van der Waals surface area contributed by atoms with Gasteiger partial charge in [-0.05, 0) is 49.9 Å². The average molecular weight is 338 g/mol. The first-order valence-corrected chi connectivity index (χ1v) is 10.2. The van der Waals surface area contributed by atoms with Crippen LogP contribution in [0.15, 0.2) is 18.2 Å². The van der Waals surface area contributed by atoms with Crippen molar-refractivity contribution in [1.82, 2.24) is 5.32 Å². The van der Waals surface area contributed by atoms with Gasteiger partial charge in [0.15, 0.2) is 0 Å². The fourth-order valence-corrected chi connectivity index (χ4v) is 3.57. The number of aryl methyl sites for hydroxylation is 1. The summed E-state index contributed by atoms with van der Waals surface area (Å²) in [5, 5.41) is 6.31. The molecule has 1 aliphatic rings. The molecule has 0 aromatic heterocycles. The van der Waals surface area contributed by atoms with Crippen LogP contribution in [0.3, 0.4) is 0 Å². The number of sulfone groups is 1. The summed E-state index contributed by atoms with van der Waals surface area (Å²) in [4.78, 5) is 12.2. The van der Waals surface area contributed by atoms with E-state index in [4.69, 9.17) is 0 Å². The molecule has 1 saturated carbocycles. The van der Waals surface area contributed by atoms with E-state index in [2.05, 4.69) is 10.6 Å². The molecule has 0 heterocycles. The molecule has 6 heteroatoms. The van der Waals surface area contributed by atoms with Crippen LogP contribution in [0, 0.1) is 6.92 Å². The molecule has 2 N–H and O–H groups in total. The second kappa shape index (κ2) is 7.81. The van der Waals surface area contributed by atoms with Crippen molar-refractivity contribution < 1.29 is 13.2 Å². The monoisotopic (exact) mass is 338 g/mol. The highest BCUT2D eigenvalue weighted by Crippen LogP contribution is 2.20. The van der Waals surface area contributed by atoms with E-state index in [9.17, 15) is 13.2 Å². The number of carbonyl (C=O) groups is 1. The van der Waals surface area contributed by atoms with Crippen LogP contribution in [0.5, 0.6) is 0 Å². The number of carbonyl (C=O) groups excluding carboxylic acids is 1. The Balaban J connectivity index is 1.88. The summed E-state index contributed by atoms with van der Waals surface area (Å²) < 4.78 is 22.2. The number of hydrogen-bond acceptors (Lipinski definition) is 4. The van der Waals surface area contributed by atoms with Gasteiger partial charge in [-0.1, -0.05) is 12.8 Å². The molecule has 0 saturated heterocycles. The zero-order valence-corrected chi connectivity index (χ0v) is 14.7. The third-order valence-corrected chi connectivity index (χ3v) is 5.22. The van der Waals surface area contributed by atoms with Crippen molar-refractivity contribution in [2.24, 2.45) is 0 Å². The number of nitrogens with one attached hydrogen (secondary N) is 2. The van der Waals surface area contributed by atoms with Crippen LogP contribution < -0.4 is 10.6 Å². The summed E-state index contributed by atoms with van der Waals surface area (Å²) in [7, 11) is -2.91. The Morgan fingerprint density at radius 2 is 1.96 bits per heavy atom. The van der Waals surface area contributed by atoms with Crippen molar-refractivity contribution in [2.45, 2.75) is 45.1 Å². The highest BCUT2D eigenvalue weighted by atomic mass is 32.2. The van der Waals surface area contributed by atoms with Crippen LogP contribution >= 0.6 is 0 Å². The van der Waals surface area contributed by atoms with Gasteiger partial charge in [0.1, 0.15) is 9.84 Å². The van der Waals surface area contributed by atoms with Gasteiger partial charge in [0, 0.05) is 30.1 Å². The van der Waals surface area contributed by atoms with Gasteiger partial charge in [-0.25, -0.2) is 8.42 Å². The molecular weight excluding hydrogens is 312 g/mol. The molecule has 2 rings (SSSR count). The van der Waals surface area contributed by atoms with E-state index >= 15 is 0 Å². The molecule has 0 radical (unpaired) electrons. The Kier molecular flexibility index (Phi) is 6.04. The second-order valence-electron chi connectivity index (χ2n) is 6.39. The maximum absolute atomic E-state index is 12.2. The van der Waals surface area contributed by atoms with E-state index < -0.39 is 9.84 Å². The quantitative estimate of drug-likeness (QED) is 0.749. The lowest BCUT2D eigenvalue weighted by Gasteiger charge is -2.14. The van der Waals surface area contributed by atoms with E-state index in [0.29, 0.717) is 24.6 Å². The second-order valence-corrected chi connectivity index (χ2v) is 8.65. The molecule has 128 valence electrons. The molecule has 23 heavy (non-hydrogen) atoms. The standard InChI is InChI=1S/C17H26N2O3S/c1-13-12-14(17(20)19-15-6-3-4-7-15)8-9-16(13)18-10-5-11-23(2,21)22/h8-9,12,15,18H,3-7,10-11H2,1-2H3,(H,19,20). The lowest BCUT2D eigenvalue weighted by molar-refractivity contribution is 0.0938. The van der Waals surface area contributed by atoms with Crippen LogP contribution in [0.25, 0.3) is 0 Å². The largest absolute Gasteiger partial charge is 0.385 e. The first-order chi connectivity index (χ1) is 10.8. The normalized spacial score (nSPS) is 15.6. The van der Waals surface area contributed by atoms with E-state index in [1.54, 1.807) is 0 Å². The van der Waals surface area contributed by atoms with Crippen LogP contribution in [-0.2, 0) is 9.84 Å². The molecule has 0 atom stereocenters. The zero-order chi connectivity index (χ0) is 16.9. The van der Waals surface area contributed by atoms with E-state index in [1.807, 2.05) is 25.1 Å². The molecular formula is C17H26N2O3S. The van der Waals surface area contributed by atoms with Crippen molar-refractivity contribution in [3.63, 3.8) is 0 Å². The summed E-state index contributed by atoms with van der Waals surface area (Å²) >= 11 is 0. The fraction of sp³-hybridized carbons (Fsp3) is 0.588. The zero-order valence-electron chi connectivity index (χ0n) is 13.9. The first kappa shape index (κ1) is 17.8. The minimum atomic E-state index is -2.91. The highest BCUT2D eigenvalue weighted by Gasteiger charge is 2.18. The van der Waals surface area contributed by atoms with Gasteiger partial charge in [0.2, 0.25) is 0 Å². The maximum atomic E-state index is 12.2. The number of hydrogen-bond donors (Lipinski definition) is 2. The van der Waals surface area contributed by atoms with Crippen LogP contribution in [0.2, 0.25) is 0 Å². The molecule has 1 fully saturated rings. The fourth-order valence-electron chi connectivity index (χ4n) is 2.90. The van der Waals surface area contributed by atoms with Gasteiger partial charge in [-0.2, -0.15) is 0 Å². The number of rotatable bonds is 7. The predicted molar refractivity (Wildman–Crippen MR) is 93.7 cm³/mol. The van der Waals surface area contributed by atoms with Crippen molar-refractivity contribution in [3.8, 4) is 0 Å². The summed E-state index contributed by atoms with van der Waals surface area (Å²) in [6.45, 7) is 2.55. The number of amides is 1. The SMILES string of the molecule is Cc1cc(C(=O)NC2CCCC2)ccc1NCCCS(C)(=O)=O. The summed E-state index contributed by atoms with van der Waals surface area (Å²) in [5.41, 5.74) is 2.61. The molecule has 0 spiro atoms. The summed E-state index contributed by atoms with van der Waals surface area (Å²) in [6, 6.07) is 5.90. The Bertz CT molecular complexity index is 650. The number of benzene rings is 1. The van der Waals surface area contributed by atoms with Gasteiger partial charge in [-0.3, -0.25) is 4.79 Å². The topological polar surface area (TPSA) is 75.3 Å². The van der Waals surface area contributed by atoms with Crippen molar-refractivity contribution in [1.29, 1.82) is 0 Å². The molecule has 0 unspecified atom stereocenters.